The molecule has 2 rings (SSSR count). The van der Waals surface area contributed by atoms with Gasteiger partial charge in [0.15, 0.2) is 0 Å². The van der Waals surface area contributed by atoms with Crippen LogP contribution in [0.4, 0.5) is 0 Å². The summed E-state index contributed by atoms with van der Waals surface area (Å²) >= 11 is 0. The van der Waals surface area contributed by atoms with Gasteiger partial charge in [0.1, 0.15) is 0 Å². The van der Waals surface area contributed by atoms with Crippen molar-refractivity contribution < 1.29 is 4.79 Å². The zero-order valence-electron chi connectivity index (χ0n) is 13.5. The first-order valence-electron chi connectivity index (χ1n) is 8.08. The number of hydrogen-bond acceptors (Lipinski definition) is 3. The van der Waals surface area contributed by atoms with Gasteiger partial charge in [0.2, 0.25) is 0 Å². The minimum atomic E-state index is 0.127. The molecule has 0 bridgehead atoms. The van der Waals surface area contributed by atoms with E-state index >= 15 is 0 Å². The minimum Gasteiger partial charge on any atom is -0.337 e. The Kier molecular flexibility index (Phi) is 5.74. The van der Waals surface area contributed by atoms with E-state index in [9.17, 15) is 4.79 Å². The molecule has 0 spiro atoms. The van der Waals surface area contributed by atoms with Gasteiger partial charge in [0.25, 0.3) is 5.91 Å². The Balaban J connectivity index is 2.11. The van der Waals surface area contributed by atoms with Crippen molar-refractivity contribution in [2.24, 2.45) is 0 Å². The Morgan fingerprint density at radius 1 is 1.43 bits per heavy atom. The van der Waals surface area contributed by atoms with Gasteiger partial charge in [-0.3, -0.25) is 9.78 Å². The standard InChI is InChI=1S/C17H27N3O/c1-4-5-11-20(12-15-7-6-10-18-15)17(21)16-9-8-13(2)19-14(16)3/h8-9,15,18H,4-7,10-12H2,1-3H3. The first-order chi connectivity index (χ1) is 10.1. The van der Waals surface area contributed by atoms with E-state index in [0.717, 1.165) is 49.4 Å². The SMILES string of the molecule is CCCCN(CC1CCCN1)C(=O)c1ccc(C)nc1C. The summed E-state index contributed by atoms with van der Waals surface area (Å²) in [5.41, 5.74) is 2.54. The molecule has 1 atom stereocenters. The predicted molar refractivity (Wildman–Crippen MR) is 85.5 cm³/mol. The minimum absolute atomic E-state index is 0.127. The molecule has 21 heavy (non-hydrogen) atoms. The Morgan fingerprint density at radius 3 is 2.86 bits per heavy atom. The van der Waals surface area contributed by atoms with Gasteiger partial charge in [-0.05, 0) is 51.8 Å². The van der Waals surface area contributed by atoms with Gasteiger partial charge in [-0.1, -0.05) is 13.3 Å². The number of aromatic nitrogens is 1. The molecule has 2 heterocycles. The van der Waals surface area contributed by atoms with Crippen molar-refractivity contribution >= 4 is 5.91 Å². The smallest absolute Gasteiger partial charge is 0.255 e. The van der Waals surface area contributed by atoms with E-state index in [2.05, 4.69) is 17.2 Å². The van der Waals surface area contributed by atoms with Gasteiger partial charge < -0.3 is 10.2 Å². The topological polar surface area (TPSA) is 45.2 Å². The fraction of sp³-hybridized carbons (Fsp3) is 0.647. The van der Waals surface area contributed by atoms with E-state index in [1.807, 2.05) is 30.9 Å². The number of unbranched alkanes of at least 4 members (excludes halogenated alkanes) is 1. The van der Waals surface area contributed by atoms with Crippen LogP contribution in [0.25, 0.3) is 0 Å². The molecule has 1 aromatic heterocycles. The lowest BCUT2D eigenvalue weighted by atomic mass is 10.1. The molecule has 1 unspecified atom stereocenters. The average molecular weight is 289 g/mol. The van der Waals surface area contributed by atoms with Gasteiger partial charge in [-0.2, -0.15) is 0 Å². The second-order valence-electron chi connectivity index (χ2n) is 5.98. The quantitative estimate of drug-likeness (QED) is 0.876. The number of carbonyl (C=O) groups excluding carboxylic acids is 1. The number of nitrogens with one attached hydrogen (secondary N) is 1. The van der Waals surface area contributed by atoms with Crippen LogP contribution in [0, 0.1) is 13.8 Å². The third-order valence-electron chi connectivity index (χ3n) is 4.13. The summed E-state index contributed by atoms with van der Waals surface area (Å²) in [4.78, 5) is 19.3. The highest BCUT2D eigenvalue weighted by Crippen LogP contribution is 2.14. The highest BCUT2D eigenvalue weighted by molar-refractivity contribution is 5.95. The molecule has 1 aliphatic rings. The number of rotatable bonds is 6. The molecule has 0 aliphatic carbocycles. The molecule has 0 saturated carbocycles. The van der Waals surface area contributed by atoms with Crippen LogP contribution in [0.1, 0.15) is 54.4 Å². The zero-order valence-corrected chi connectivity index (χ0v) is 13.5. The molecule has 4 heteroatoms. The summed E-state index contributed by atoms with van der Waals surface area (Å²) in [6.45, 7) is 8.76. The molecule has 0 aromatic carbocycles. The molecule has 1 saturated heterocycles. The van der Waals surface area contributed by atoms with Crippen molar-refractivity contribution in [1.29, 1.82) is 0 Å². The highest BCUT2D eigenvalue weighted by Gasteiger charge is 2.23. The molecule has 4 nitrogen and oxygen atoms in total. The van der Waals surface area contributed by atoms with Crippen LogP contribution in [-0.2, 0) is 0 Å². The van der Waals surface area contributed by atoms with Gasteiger partial charge in [-0.15, -0.1) is 0 Å². The van der Waals surface area contributed by atoms with Gasteiger partial charge in [-0.25, -0.2) is 0 Å². The number of nitrogens with zero attached hydrogens (tertiary/aromatic N) is 2. The van der Waals surface area contributed by atoms with Crippen LogP contribution in [0.5, 0.6) is 0 Å². The van der Waals surface area contributed by atoms with Crippen LogP contribution < -0.4 is 5.32 Å². The highest BCUT2D eigenvalue weighted by atomic mass is 16.2. The molecule has 116 valence electrons. The first kappa shape index (κ1) is 16.0. The van der Waals surface area contributed by atoms with Crippen LogP contribution in [0.3, 0.4) is 0 Å². The molecular formula is C17H27N3O. The summed E-state index contributed by atoms with van der Waals surface area (Å²) < 4.78 is 0. The van der Waals surface area contributed by atoms with E-state index in [4.69, 9.17) is 0 Å². The second-order valence-corrected chi connectivity index (χ2v) is 5.98. The first-order valence-corrected chi connectivity index (χ1v) is 8.08. The van der Waals surface area contributed by atoms with Crippen LogP contribution in [-0.4, -0.2) is 41.5 Å². The lowest BCUT2D eigenvalue weighted by Crippen LogP contribution is -2.42. The van der Waals surface area contributed by atoms with Crippen molar-refractivity contribution in [3.05, 3.63) is 29.1 Å². The van der Waals surface area contributed by atoms with Gasteiger partial charge >= 0.3 is 0 Å². The number of pyridine rings is 1. The Bertz CT molecular complexity index is 481. The van der Waals surface area contributed by atoms with Crippen molar-refractivity contribution in [3.63, 3.8) is 0 Å². The summed E-state index contributed by atoms with van der Waals surface area (Å²) in [5.74, 6) is 0.127. The summed E-state index contributed by atoms with van der Waals surface area (Å²) in [6.07, 6.45) is 4.54. The van der Waals surface area contributed by atoms with Crippen molar-refractivity contribution in [3.8, 4) is 0 Å². The zero-order chi connectivity index (χ0) is 15.2. The normalized spacial score (nSPS) is 18.0. The van der Waals surface area contributed by atoms with E-state index in [-0.39, 0.29) is 5.91 Å². The largest absolute Gasteiger partial charge is 0.337 e. The third kappa shape index (κ3) is 4.27. The number of carbonyl (C=O) groups is 1. The van der Waals surface area contributed by atoms with Crippen LogP contribution >= 0.6 is 0 Å². The van der Waals surface area contributed by atoms with E-state index < -0.39 is 0 Å². The molecule has 1 aliphatic heterocycles. The maximum Gasteiger partial charge on any atom is 0.255 e. The molecule has 0 radical (unpaired) electrons. The van der Waals surface area contributed by atoms with Crippen molar-refractivity contribution in [1.82, 2.24) is 15.2 Å². The number of hydrogen-bond donors (Lipinski definition) is 1. The van der Waals surface area contributed by atoms with Crippen LogP contribution in [0.15, 0.2) is 12.1 Å². The van der Waals surface area contributed by atoms with Gasteiger partial charge in [0, 0.05) is 24.8 Å². The molecular weight excluding hydrogens is 262 g/mol. The fourth-order valence-electron chi connectivity index (χ4n) is 2.89. The fourth-order valence-corrected chi connectivity index (χ4v) is 2.89. The summed E-state index contributed by atoms with van der Waals surface area (Å²) in [7, 11) is 0. The predicted octanol–water partition coefficient (Wildman–Crippen LogP) is 2.69. The molecule has 1 aromatic rings. The molecule has 1 amide bonds. The monoisotopic (exact) mass is 289 g/mol. The maximum atomic E-state index is 12.8. The average Bonchev–Trinajstić information content (AvgIpc) is 2.95. The lowest BCUT2D eigenvalue weighted by molar-refractivity contribution is 0.0738. The number of aryl methyl sites for hydroxylation is 2. The maximum absolute atomic E-state index is 12.8. The third-order valence-corrected chi connectivity index (χ3v) is 4.13. The number of amides is 1. The van der Waals surface area contributed by atoms with Gasteiger partial charge in [0.05, 0.1) is 11.3 Å². The molecule has 1 N–H and O–H groups in total. The second kappa shape index (κ2) is 7.55. The molecule has 1 fully saturated rings. The Morgan fingerprint density at radius 2 is 2.24 bits per heavy atom. The summed E-state index contributed by atoms with van der Waals surface area (Å²) in [5, 5.41) is 3.48. The van der Waals surface area contributed by atoms with Crippen LogP contribution in [0.2, 0.25) is 0 Å². The Hall–Kier alpha value is -1.42. The van der Waals surface area contributed by atoms with Crippen molar-refractivity contribution in [2.75, 3.05) is 19.6 Å². The van der Waals surface area contributed by atoms with E-state index in [0.29, 0.717) is 6.04 Å². The van der Waals surface area contributed by atoms with E-state index in [1.165, 1.54) is 12.8 Å². The van der Waals surface area contributed by atoms with E-state index in [1.54, 1.807) is 0 Å². The Labute approximate surface area is 127 Å². The van der Waals surface area contributed by atoms with Crippen molar-refractivity contribution in [2.45, 2.75) is 52.5 Å². The summed E-state index contributed by atoms with van der Waals surface area (Å²) in [6, 6.07) is 4.29. The lowest BCUT2D eigenvalue weighted by Gasteiger charge is -2.26.